The van der Waals surface area contributed by atoms with Gasteiger partial charge in [0, 0.05) is 17.9 Å². The molecule has 3 heterocycles. The van der Waals surface area contributed by atoms with E-state index in [9.17, 15) is 25.9 Å². The van der Waals surface area contributed by atoms with E-state index >= 15 is 0 Å². The van der Waals surface area contributed by atoms with Gasteiger partial charge in [0.05, 0.1) is 28.3 Å². The Hall–Kier alpha value is -2.68. The van der Waals surface area contributed by atoms with Crippen LogP contribution in [-0.2, 0) is 26.8 Å². The third-order valence-corrected chi connectivity index (χ3v) is 10.2. The molecule has 9 nitrogen and oxygen atoms in total. The van der Waals surface area contributed by atoms with Crippen LogP contribution < -0.4 is 14.2 Å². The quantitative estimate of drug-likeness (QED) is 0.174. The third kappa shape index (κ3) is 7.14. The number of rotatable bonds is 11. The van der Waals surface area contributed by atoms with Crippen molar-refractivity contribution in [2.75, 3.05) is 29.6 Å². The third-order valence-electron chi connectivity index (χ3n) is 6.42. The lowest BCUT2D eigenvalue weighted by atomic mass is 10.0. The van der Waals surface area contributed by atoms with E-state index < -0.39 is 20.2 Å². The lowest BCUT2D eigenvalue weighted by molar-refractivity contribution is -0.698. The van der Waals surface area contributed by atoms with Gasteiger partial charge in [-0.1, -0.05) is 59.5 Å². The summed E-state index contributed by atoms with van der Waals surface area (Å²) < 4.78 is 71.4. The van der Waals surface area contributed by atoms with Gasteiger partial charge in [-0.15, -0.1) is 4.57 Å². The molecule has 13 heteroatoms. The zero-order valence-corrected chi connectivity index (χ0v) is 24.7. The molecular weight excluding hydrogens is 593 g/mol. The van der Waals surface area contributed by atoms with Gasteiger partial charge in [0.1, 0.15) is 11.5 Å². The molecule has 212 valence electrons. The Kier molecular flexibility index (Phi) is 8.69. The molecule has 2 aliphatic rings. The van der Waals surface area contributed by atoms with Gasteiger partial charge in [-0.3, -0.25) is 9.11 Å². The van der Waals surface area contributed by atoms with Crippen LogP contribution in [0.15, 0.2) is 64.5 Å². The Morgan fingerprint density at radius 1 is 0.950 bits per heavy atom. The van der Waals surface area contributed by atoms with E-state index in [1.54, 1.807) is 11.8 Å². The van der Waals surface area contributed by atoms with Crippen molar-refractivity contribution in [3.05, 3.63) is 69.5 Å². The van der Waals surface area contributed by atoms with Crippen molar-refractivity contribution >= 4 is 61.2 Å². The summed E-state index contributed by atoms with van der Waals surface area (Å²) in [4.78, 5) is 4.15. The second-order valence-corrected chi connectivity index (χ2v) is 14.7. The highest BCUT2D eigenvalue weighted by Crippen LogP contribution is 2.48. The number of aromatic nitrogens is 1. The fourth-order valence-corrected chi connectivity index (χ4v) is 7.96. The van der Waals surface area contributed by atoms with Crippen LogP contribution in [0.3, 0.4) is 0 Å². The molecule has 0 radical (unpaired) electrons. The molecule has 2 aromatic carbocycles. The first-order chi connectivity index (χ1) is 19.1. The van der Waals surface area contributed by atoms with E-state index in [-0.39, 0.29) is 17.9 Å². The van der Waals surface area contributed by atoms with Gasteiger partial charge in [0.2, 0.25) is 0 Å². The zero-order chi connectivity index (χ0) is 28.3. The minimum Gasteiger partial charge on any atom is -0.439 e. The lowest BCUT2D eigenvalue weighted by Crippen LogP contribution is -2.38. The summed E-state index contributed by atoms with van der Waals surface area (Å²) in [6.45, 7) is 1.31. The monoisotopic (exact) mass is 621 g/mol. The second-order valence-electron chi connectivity index (χ2n) is 9.39. The van der Waals surface area contributed by atoms with Crippen molar-refractivity contribution in [1.29, 1.82) is 0 Å². The van der Waals surface area contributed by atoms with E-state index in [1.807, 2.05) is 41.0 Å². The van der Waals surface area contributed by atoms with E-state index in [2.05, 4.69) is 35.2 Å². The number of nitrogens with zero attached hydrogens (tertiary/aromatic N) is 2. The molecule has 2 aliphatic heterocycles. The van der Waals surface area contributed by atoms with Crippen LogP contribution in [0.4, 0.5) is 5.69 Å². The fourth-order valence-electron chi connectivity index (χ4n) is 4.61. The predicted octanol–water partition coefficient (Wildman–Crippen LogP) is 4.96. The summed E-state index contributed by atoms with van der Waals surface area (Å²) in [6.07, 6.45) is 7.05. The number of ether oxygens (including phenoxy) is 1. The molecule has 0 spiro atoms. The van der Waals surface area contributed by atoms with Gasteiger partial charge in [0.25, 0.3) is 25.2 Å². The lowest BCUT2D eigenvalue weighted by Gasteiger charge is -2.20. The van der Waals surface area contributed by atoms with Crippen LogP contribution in [0, 0.1) is 0 Å². The molecule has 0 aliphatic carbocycles. The standard InChI is InChI=1S/C27H28N2O7S4/c30-39(31,32)16-5-4-13-28-22-18-21(20-8-2-1-3-9-20)11-12-23(22)37-25(28)19-26-29(14-7-17-40(33,34)35)27-24(38-26)10-6-15-36-27/h1-3,6,8-12,18-19H,4-5,7,13-17H2,(H-,30,31,32,33,34,35)/p+1. The van der Waals surface area contributed by atoms with Crippen LogP contribution in [0.5, 0.6) is 5.88 Å². The summed E-state index contributed by atoms with van der Waals surface area (Å²) in [5.41, 5.74) is 3.17. The molecule has 0 amide bonds. The van der Waals surface area contributed by atoms with Gasteiger partial charge in [-0.2, -0.15) is 16.8 Å². The minimum absolute atomic E-state index is 0.225. The maximum atomic E-state index is 11.3. The van der Waals surface area contributed by atoms with Gasteiger partial charge in [-0.05, 0) is 48.3 Å². The highest BCUT2D eigenvalue weighted by atomic mass is 32.2. The summed E-state index contributed by atoms with van der Waals surface area (Å²) in [6, 6.07) is 16.4. The predicted molar refractivity (Wildman–Crippen MR) is 159 cm³/mol. The number of thiazole rings is 1. The van der Waals surface area contributed by atoms with Crippen molar-refractivity contribution in [1.82, 2.24) is 0 Å². The number of thioether (sulfide) groups is 1. The Bertz CT molecular complexity index is 1660. The first-order valence-electron chi connectivity index (χ1n) is 12.7. The fraction of sp³-hybridized carbons (Fsp3) is 0.296. The first kappa shape index (κ1) is 28.8. The first-order valence-corrected chi connectivity index (χ1v) is 17.6. The molecule has 1 aromatic heterocycles. The van der Waals surface area contributed by atoms with E-state index in [1.165, 1.54) is 11.3 Å². The highest BCUT2D eigenvalue weighted by molar-refractivity contribution is 8.04. The molecule has 40 heavy (non-hydrogen) atoms. The van der Waals surface area contributed by atoms with Gasteiger partial charge in [0.15, 0.2) is 6.54 Å². The Labute approximate surface area is 242 Å². The smallest absolute Gasteiger partial charge is 0.387 e. The normalized spacial score (nSPS) is 15.8. The molecule has 0 saturated carbocycles. The molecule has 0 fully saturated rings. The number of anilines is 1. The van der Waals surface area contributed by atoms with E-state index in [0.29, 0.717) is 38.4 Å². The number of unbranched alkanes of at least 4 members (excludes halogenated alkanes) is 1. The van der Waals surface area contributed by atoms with Gasteiger partial charge >= 0.3 is 5.88 Å². The number of hydrogen-bond donors (Lipinski definition) is 2. The number of benzene rings is 2. The molecule has 0 bridgehead atoms. The van der Waals surface area contributed by atoms with Crippen molar-refractivity contribution in [2.45, 2.75) is 30.7 Å². The summed E-state index contributed by atoms with van der Waals surface area (Å²) in [5, 5.41) is 1.81. The summed E-state index contributed by atoms with van der Waals surface area (Å²) in [7, 11) is -8.12. The Balaban J connectivity index is 1.49. The maximum Gasteiger partial charge on any atom is 0.387 e. The molecule has 3 aromatic rings. The van der Waals surface area contributed by atoms with Crippen molar-refractivity contribution in [3.8, 4) is 17.0 Å². The van der Waals surface area contributed by atoms with Crippen LogP contribution in [0.25, 0.3) is 23.3 Å². The molecule has 0 saturated heterocycles. The van der Waals surface area contributed by atoms with Crippen molar-refractivity contribution < 1.29 is 35.2 Å². The molecular formula is C27H29N2O7S4+. The number of hydrogen-bond acceptors (Lipinski definition) is 8. The van der Waals surface area contributed by atoms with Crippen LogP contribution in [-0.4, -0.2) is 50.6 Å². The Morgan fingerprint density at radius 3 is 2.45 bits per heavy atom. The van der Waals surface area contributed by atoms with Crippen LogP contribution >= 0.6 is 23.1 Å². The van der Waals surface area contributed by atoms with Crippen LogP contribution in [0.2, 0.25) is 0 Å². The average molecular weight is 622 g/mol. The largest absolute Gasteiger partial charge is 0.439 e. The van der Waals surface area contributed by atoms with Gasteiger partial charge in [-0.25, -0.2) is 0 Å². The second kappa shape index (κ2) is 12.0. The van der Waals surface area contributed by atoms with Crippen molar-refractivity contribution in [3.63, 3.8) is 0 Å². The molecule has 2 N–H and O–H groups in total. The van der Waals surface area contributed by atoms with Crippen molar-refractivity contribution in [2.24, 2.45) is 0 Å². The SMILES string of the molecule is O=S(=O)(O)CCCCN1C(=Cc2sc3c([n+]2CCCS(=O)(=O)O)OCC=C3)Sc2ccc(-c3ccccc3)cc21. The average Bonchev–Trinajstić information content (AvgIpc) is 3.43. The van der Waals surface area contributed by atoms with Gasteiger partial charge < -0.3 is 9.64 Å². The zero-order valence-electron chi connectivity index (χ0n) is 21.5. The topological polar surface area (TPSA) is 125 Å². The molecule has 0 atom stereocenters. The highest BCUT2D eigenvalue weighted by Gasteiger charge is 2.31. The molecule has 5 rings (SSSR count). The van der Waals surface area contributed by atoms with E-state index in [4.69, 9.17) is 4.74 Å². The number of fused-ring (bicyclic) bond motifs is 2. The summed E-state index contributed by atoms with van der Waals surface area (Å²) in [5.74, 6) is 0.0268. The van der Waals surface area contributed by atoms with E-state index in [0.717, 1.165) is 36.6 Å². The Morgan fingerprint density at radius 2 is 1.70 bits per heavy atom. The minimum atomic E-state index is -4.08. The van der Waals surface area contributed by atoms with Crippen LogP contribution in [0.1, 0.15) is 29.1 Å². The molecule has 0 unspecified atom stereocenters. The maximum absolute atomic E-state index is 11.3. The summed E-state index contributed by atoms with van der Waals surface area (Å²) >= 11 is 3.14.